The van der Waals surface area contributed by atoms with Gasteiger partial charge in [-0.25, -0.2) is 0 Å². The van der Waals surface area contributed by atoms with Gasteiger partial charge in [-0.05, 0) is 24.7 Å². The zero-order chi connectivity index (χ0) is 10.3. The first kappa shape index (κ1) is 8.23. The Morgan fingerprint density at radius 3 is 2.21 bits per heavy atom. The molecule has 0 spiro atoms. The minimum absolute atomic E-state index is 0.0195. The van der Waals surface area contributed by atoms with Gasteiger partial charge in [-0.1, -0.05) is 0 Å². The molecule has 14 heavy (non-hydrogen) atoms. The number of carboxylic acid groups (broad SMARTS) is 2. The molecule has 4 rings (SSSR count). The quantitative estimate of drug-likeness (QED) is 0.554. The van der Waals surface area contributed by atoms with Gasteiger partial charge in [0.25, 0.3) is 0 Å². The fourth-order valence-corrected chi connectivity index (χ4v) is 4.00. The third-order valence-corrected chi connectivity index (χ3v) is 4.59. The Morgan fingerprint density at radius 2 is 1.93 bits per heavy atom. The van der Waals surface area contributed by atoms with Gasteiger partial charge < -0.3 is 15.9 Å². The monoisotopic (exact) mass is 197 g/mol. The molecule has 4 fully saturated rings. The van der Waals surface area contributed by atoms with Gasteiger partial charge in [0, 0.05) is 5.92 Å². The van der Waals surface area contributed by atoms with E-state index >= 15 is 0 Å². The van der Waals surface area contributed by atoms with Crippen LogP contribution in [-0.4, -0.2) is 27.7 Å². The van der Waals surface area contributed by atoms with Gasteiger partial charge in [-0.15, -0.1) is 0 Å². The summed E-state index contributed by atoms with van der Waals surface area (Å²) in [5, 5.41) is 18.1. The molecular formula is C9H11NO4. The van der Waals surface area contributed by atoms with E-state index in [1.807, 2.05) is 0 Å². The summed E-state index contributed by atoms with van der Waals surface area (Å²) < 4.78 is 0. The van der Waals surface area contributed by atoms with Gasteiger partial charge in [0.15, 0.2) is 0 Å². The van der Waals surface area contributed by atoms with Crippen LogP contribution in [0.4, 0.5) is 0 Å². The van der Waals surface area contributed by atoms with Crippen LogP contribution < -0.4 is 5.73 Å². The van der Waals surface area contributed by atoms with Crippen molar-refractivity contribution in [2.24, 2.45) is 28.9 Å². The summed E-state index contributed by atoms with van der Waals surface area (Å²) in [5.41, 5.74) is 3.79. The Balaban J connectivity index is 2.06. The lowest BCUT2D eigenvalue weighted by Crippen LogP contribution is -2.51. The van der Waals surface area contributed by atoms with E-state index in [9.17, 15) is 9.59 Å². The Bertz CT molecular complexity index is 368. The topological polar surface area (TPSA) is 101 Å². The van der Waals surface area contributed by atoms with E-state index in [1.165, 1.54) is 0 Å². The summed E-state index contributed by atoms with van der Waals surface area (Å²) in [6.07, 6.45) is 1.14. The van der Waals surface area contributed by atoms with Crippen molar-refractivity contribution >= 4 is 11.9 Å². The highest BCUT2D eigenvalue weighted by Crippen LogP contribution is 2.81. The van der Waals surface area contributed by atoms with Crippen molar-refractivity contribution in [3.8, 4) is 0 Å². The maximum Gasteiger partial charge on any atom is 0.324 e. The molecule has 4 bridgehead atoms. The highest BCUT2D eigenvalue weighted by atomic mass is 16.4. The number of carbonyl (C=O) groups is 2. The third kappa shape index (κ3) is 0.507. The Labute approximate surface area is 79.9 Å². The molecule has 5 atom stereocenters. The van der Waals surface area contributed by atoms with E-state index in [0.29, 0.717) is 12.8 Å². The first-order chi connectivity index (χ1) is 6.45. The average Bonchev–Trinajstić information content (AvgIpc) is 2.45. The standard InChI is InChI=1S/C9H11NO4/c10-9(7(13)14)3-1-4-5(9)8(4,2-3)6(11)12/h3-5H,1-2,10H2,(H,11,12)(H,13,14)/t3-,4+,5+,8-,9-/m0/s1. The molecule has 0 aliphatic heterocycles. The molecule has 0 saturated heterocycles. The highest BCUT2D eigenvalue weighted by molar-refractivity contribution is 5.90. The van der Waals surface area contributed by atoms with E-state index in [1.54, 1.807) is 0 Å². The second-order valence-electron chi connectivity index (χ2n) is 4.80. The highest BCUT2D eigenvalue weighted by Gasteiger charge is 2.88. The van der Waals surface area contributed by atoms with Gasteiger partial charge in [0.2, 0.25) is 0 Å². The molecule has 0 unspecified atom stereocenters. The number of aliphatic carboxylic acids is 2. The summed E-state index contributed by atoms with van der Waals surface area (Å²) in [6, 6.07) is 0. The van der Waals surface area contributed by atoms with Crippen molar-refractivity contribution in [2.75, 3.05) is 0 Å². The largest absolute Gasteiger partial charge is 0.481 e. The normalized spacial score (nSPS) is 57.4. The van der Waals surface area contributed by atoms with Crippen LogP contribution in [0.25, 0.3) is 0 Å². The zero-order valence-corrected chi connectivity index (χ0v) is 7.43. The Morgan fingerprint density at radius 1 is 1.29 bits per heavy atom. The minimum atomic E-state index is -1.26. The van der Waals surface area contributed by atoms with Crippen molar-refractivity contribution in [1.82, 2.24) is 0 Å². The van der Waals surface area contributed by atoms with Gasteiger partial charge >= 0.3 is 11.9 Å². The maximum absolute atomic E-state index is 11.1. The molecule has 4 saturated carbocycles. The SMILES string of the molecule is N[C@@]1(C(=O)O)[C@H]2C[C@@H]3[C@@H]1[C@]3(C(=O)O)C2. The molecular weight excluding hydrogens is 186 g/mol. The van der Waals surface area contributed by atoms with Crippen molar-refractivity contribution in [3.63, 3.8) is 0 Å². The van der Waals surface area contributed by atoms with Crippen LogP contribution in [0.15, 0.2) is 0 Å². The minimum Gasteiger partial charge on any atom is -0.481 e. The van der Waals surface area contributed by atoms with Crippen LogP contribution in [-0.2, 0) is 9.59 Å². The number of hydrogen-bond acceptors (Lipinski definition) is 3. The molecule has 0 heterocycles. The number of hydrogen-bond donors (Lipinski definition) is 3. The molecule has 0 amide bonds. The summed E-state index contributed by atoms with van der Waals surface area (Å²) >= 11 is 0. The first-order valence-corrected chi connectivity index (χ1v) is 4.71. The van der Waals surface area contributed by atoms with Gasteiger partial charge in [0.1, 0.15) is 5.54 Å². The van der Waals surface area contributed by atoms with E-state index in [-0.39, 0.29) is 17.8 Å². The summed E-state index contributed by atoms with van der Waals surface area (Å²) in [4.78, 5) is 22.1. The predicted octanol–water partition coefficient (Wildman–Crippen LogP) is -0.491. The van der Waals surface area contributed by atoms with E-state index in [0.717, 1.165) is 0 Å². The van der Waals surface area contributed by atoms with Gasteiger partial charge in [-0.3, -0.25) is 9.59 Å². The summed E-state index contributed by atoms with van der Waals surface area (Å²) in [7, 11) is 0. The van der Waals surface area contributed by atoms with Crippen LogP contribution >= 0.6 is 0 Å². The summed E-state index contributed by atoms with van der Waals surface area (Å²) in [5.74, 6) is -2.33. The van der Waals surface area contributed by atoms with E-state index in [4.69, 9.17) is 15.9 Å². The molecule has 0 aromatic carbocycles. The molecule has 5 nitrogen and oxygen atoms in total. The fourth-order valence-electron chi connectivity index (χ4n) is 4.00. The smallest absolute Gasteiger partial charge is 0.324 e. The first-order valence-electron chi connectivity index (χ1n) is 4.71. The molecule has 4 aliphatic carbocycles. The molecule has 5 heteroatoms. The lowest BCUT2D eigenvalue weighted by molar-refractivity contribution is -0.145. The zero-order valence-electron chi connectivity index (χ0n) is 7.43. The summed E-state index contributed by atoms with van der Waals surface area (Å²) in [6.45, 7) is 0. The van der Waals surface area contributed by atoms with E-state index < -0.39 is 22.9 Å². The van der Waals surface area contributed by atoms with Crippen molar-refractivity contribution in [3.05, 3.63) is 0 Å². The Kier molecular flexibility index (Phi) is 1.07. The molecule has 0 aromatic rings. The lowest BCUT2D eigenvalue weighted by Gasteiger charge is -2.22. The molecule has 76 valence electrons. The second-order valence-corrected chi connectivity index (χ2v) is 4.80. The fraction of sp³-hybridized carbons (Fsp3) is 0.778. The number of rotatable bonds is 2. The average molecular weight is 197 g/mol. The van der Waals surface area contributed by atoms with Gasteiger partial charge in [-0.2, -0.15) is 0 Å². The molecule has 4 N–H and O–H groups in total. The van der Waals surface area contributed by atoms with Gasteiger partial charge in [0.05, 0.1) is 5.41 Å². The number of carboxylic acids is 2. The van der Waals surface area contributed by atoms with Crippen molar-refractivity contribution < 1.29 is 19.8 Å². The third-order valence-electron chi connectivity index (χ3n) is 4.59. The van der Waals surface area contributed by atoms with Crippen LogP contribution in [0, 0.1) is 23.2 Å². The van der Waals surface area contributed by atoms with E-state index in [2.05, 4.69) is 0 Å². The molecule has 4 aliphatic rings. The van der Waals surface area contributed by atoms with Crippen LogP contribution in [0.2, 0.25) is 0 Å². The predicted molar refractivity (Wildman–Crippen MR) is 44.3 cm³/mol. The van der Waals surface area contributed by atoms with Crippen LogP contribution in [0.1, 0.15) is 12.8 Å². The lowest BCUT2D eigenvalue weighted by atomic mass is 9.90. The van der Waals surface area contributed by atoms with Crippen molar-refractivity contribution in [1.29, 1.82) is 0 Å². The molecule has 0 aromatic heterocycles. The number of nitrogens with two attached hydrogens (primary N) is 1. The Hall–Kier alpha value is -1.10. The van der Waals surface area contributed by atoms with Crippen LogP contribution in [0.5, 0.6) is 0 Å². The maximum atomic E-state index is 11.1. The van der Waals surface area contributed by atoms with Crippen LogP contribution in [0.3, 0.4) is 0 Å². The second kappa shape index (κ2) is 1.82. The van der Waals surface area contributed by atoms with Crippen molar-refractivity contribution in [2.45, 2.75) is 18.4 Å². The molecule has 0 radical (unpaired) electrons.